The average molecular weight is 258 g/mol. The lowest BCUT2D eigenvalue weighted by Gasteiger charge is -2.02. The van der Waals surface area contributed by atoms with Gasteiger partial charge in [0.15, 0.2) is 0 Å². The number of aryl methyl sites for hydroxylation is 1. The Labute approximate surface area is 101 Å². The van der Waals surface area contributed by atoms with Gasteiger partial charge in [0.05, 0.1) is 16.9 Å². The molecule has 2 aromatic rings. The lowest BCUT2D eigenvalue weighted by Crippen LogP contribution is -2.10. The molecule has 0 bridgehead atoms. The molecule has 0 radical (unpaired) electrons. The first-order valence-corrected chi connectivity index (χ1v) is 5.47. The predicted molar refractivity (Wildman–Crippen MR) is 60.2 cm³/mol. The van der Waals surface area contributed by atoms with Crippen molar-refractivity contribution in [3.05, 3.63) is 23.2 Å². The van der Waals surface area contributed by atoms with Gasteiger partial charge in [-0.05, 0) is 18.7 Å². The lowest BCUT2D eigenvalue weighted by atomic mass is 10.6. The minimum Gasteiger partial charge on any atom is -0.439 e. The minimum absolute atomic E-state index is 0.287. The molecule has 8 heteroatoms. The van der Waals surface area contributed by atoms with Crippen LogP contribution in [0.1, 0.15) is 5.69 Å². The second-order valence-electron chi connectivity index (χ2n) is 2.85. The van der Waals surface area contributed by atoms with Crippen LogP contribution in [0.3, 0.4) is 0 Å². The van der Waals surface area contributed by atoms with Gasteiger partial charge in [-0.1, -0.05) is 11.6 Å². The summed E-state index contributed by atoms with van der Waals surface area (Å²) in [5, 5.41) is 1.42. The van der Waals surface area contributed by atoms with Gasteiger partial charge in [0.25, 0.3) is 5.22 Å². The van der Waals surface area contributed by atoms with Crippen LogP contribution < -0.4 is 11.3 Å². The van der Waals surface area contributed by atoms with E-state index in [0.717, 1.165) is 5.69 Å². The summed E-state index contributed by atoms with van der Waals surface area (Å²) in [6.07, 6.45) is 3.02. The van der Waals surface area contributed by atoms with Crippen LogP contribution in [0.5, 0.6) is 0 Å². The third-order valence-corrected chi connectivity index (χ3v) is 2.88. The van der Waals surface area contributed by atoms with E-state index in [2.05, 4.69) is 20.4 Å². The van der Waals surface area contributed by atoms with Crippen LogP contribution in [0.25, 0.3) is 0 Å². The number of nitrogens with two attached hydrogens (primary N) is 1. The van der Waals surface area contributed by atoms with Crippen molar-refractivity contribution in [3.8, 4) is 0 Å². The lowest BCUT2D eigenvalue weighted by molar-refractivity contribution is 0.454. The summed E-state index contributed by atoms with van der Waals surface area (Å²) >= 11 is 7.13. The van der Waals surface area contributed by atoms with E-state index >= 15 is 0 Å². The number of rotatable bonds is 3. The molecule has 0 aliphatic carbocycles. The highest BCUT2D eigenvalue weighted by molar-refractivity contribution is 7.99. The largest absolute Gasteiger partial charge is 0.439 e. The molecule has 3 N–H and O–H groups in total. The fourth-order valence-corrected chi connectivity index (χ4v) is 1.89. The van der Waals surface area contributed by atoms with Crippen LogP contribution in [0, 0.1) is 6.92 Å². The van der Waals surface area contributed by atoms with Crippen molar-refractivity contribution in [2.75, 3.05) is 5.43 Å². The van der Waals surface area contributed by atoms with Gasteiger partial charge in [-0.15, -0.1) is 0 Å². The monoisotopic (exact) mass is 257 g/mol. The van der Waals surface area contributed by atoms with Crippen molar-refractivity contribution >= 4 is 29.3 Å². The van der Waals surface area contributed by atoms with E-state index in [0.29, 0.717) is 15.3 Å². The van der Waals surface area contributed by atoms with Gasteiger partial charge in [0.2, 0.25) is 5.95 Å². The molecule has 2 heterocycles. The van der Waals surface area contributed by atoms with E-state index in [9.17, 15) is 0 Å². The fourth-order valence-electron chi connectivity index (χ4n) is 0.955. The SMILES string of the molecule is Cc1coc(Sc2nc(NN)ncc2Cl)n1. The summed E-state index contributed by atoms with van der Waals surface area (Å²) < 4.78 is 5.18. The van der Waals surface area contributed by atoms with E-state index in [1.165, 1.54) is 18.0 Å². The molecule has 2 aromatic heterocycles. The molecular formula is C8H8ClN5OS. The van der Waals surface area contributed by atoms with Crippen molar-refractivity contribution < 1.29 is 4.42 Å². The first-order chi connectivity index (χ1) is 7.69. The zero-order valence-electron chi connectivity index (χ0n) is 8.27. The summed E-state index contributed by atoms with van der Waals surface area (Å²) in [4.78, 5) is 12.1. The second-order valence-corrected chi connectivity index (χ2v) is 4.20. The van der Waals surface area contributed by atoms with Crippen molar-refractivity contribution in [3.63, 3.8) is 0 Å². The van der Waals surface area contributed by atoms with Gasteiger partial charge in [-0.2, -0.15) is 0 Å². The molecular weight excluding hydrogens is 250 g/mol. The molecule has 0 aromatic carbocycles. The molecule has 0 unspecified atom stereocenters. The van der Waals surface area contributed by atoms with Crippen molar-refractivity contribution in [1.29, 1.82) is 0 Å². The van der Waals surface area contributed by atoms with Crippen LogP contribution in [0.15, 0.2) is 27.1 Å². The smallest absolute Gasteiger partial charge is 0.262 e. The summed E-state index contributed by atoms with van der Waals surface area (Å²) in [6.45, 7) is 1.84. The number of hydrogen-bond acceptors (Lipinski definition) is 7. The highest BCUT2D eigenvalue weighted by Gasteiger charge is 2.10. The number of nitrogens with one attached hydrogen (secondary N) is 1. The Morgan fingerprint density at radius 3 is 2.94 bits per heavy atom. The standard InChI is InChI=1S/C8H8ClN5OS/c1-4-3-15-8(12-4)16-6-5(9)2-11-7(13-6)14-10/h2-3H,10H2,1H3,(H,11,13,14). The summed E-state index contributed by atoms with van der Waals surface area (Å²) in [7, 11) is 0. The number of nitrogens with zero attached hydrogens (tertiary/aromatic N) is 3. The van der Waals surface area contributed by atoms with Crippen LogP contribution in [0.4, 0.5) is 5.95 Å². The molecule has 0 saturated carbocycles. The fraction of sp³-hybridized carbons (Fsp3) is 0.125. The van der Waals surface area contributed by atoms with Gasteiger partial charge >= 0.3 is 0 Å². The van der Waals surface area contributed by atoms with E-state index in [1.54, 1.807) is 6.26 Å². The molecule has 6 nitrogen and oxygen atoms in total. The number of halogens is 1. The number of hydrazine groups is 1. The molecule has 16 heavy (non-hydrogen) atoms. The zero-order valence-corrected chi connectivity index (χ0v) is 9.84. The average Bonchev–Trinajstić information content (AvgIpc) is 2.67. The molecule has 0 saturated heterocycles. The number of aromatic nitrogens is 3. The van der Waals surface area contributed by atoms with E-state index in [1.807, 2.05) is 6.92 Å². The van der Waals surface area contributed by atoms with E-state index in [-0.39, 0.29) is 5.95 Å². The van der Waals surface area contributed by atoms with Crippen LogP contribution in [-0.2, 0) is 0 Å². The maximum absolute atomic E-state index is 5.93. The molecule has 0 spiro atoms. The molecule has 84 valence electrons. The highest BCUT2D eigenvalue weighted by Crippen LogP contribution is 2.30. The van der Waals surface area contributed by atoms with Gasteiger partial charge in [0.1, 0.15) is 11.3 Å². The van der Waals surface area contributed by atoms with Crippen molar-refractivity contribution in [2.45, 2.75) is 17.2 Å². The van der Waals surface area contributed by atoms with E-state index in [4.69, 9.17) is 21.9 Å². The molecule has 0 aliphatic rings. The quantitative estimate of drug-likeness (QED) is 0.493. The van der Waals surface area contributed by atoms with Crippen LogP contribution in [-0.4, -0.2) is 15.0 Å². The molecule has 0 amide bonds. The Morgan fingerprint density at radius 1 is 1.50 bits per heavy atom. The third-order valence-electron chi connectivity index (χ3n) is 1.62. The Kier molecular flexibility index (Phi) is 3.28. The van der Waals surface area contributed by atoms with Crippen molar-refractivity contribution in [1.82, 2.24) is 15.0 Å². The first kappa shape index (κ1) is 11.2. The molecule has 0 aliphatic heterocycles. The molecule has 0 fully saturated rings. The normalized spacial score (nSPS) is 10.4. The Balaban J connectivity index is 2.26. The summed E-state index contributed by atoms with van der Waals surface area (Å²) in [5.74, 6) is 5.49. The topological polar surface area (TPSA) is 89.9 Å². The summed E-state index contributed by atoms with van der Waals surface area (Å²) in [5.41, 5.74) is 3.14. The number of oxazole rings is 1. The Bertz CT molecular complexity index is 503. The second kappa shape index (κ2) is 4.69. The predicted octanol–water partition coefficient (Wildman–Crippen LogP) is 1.86. The van der Waals surface area contributed by atoms with Crippen LogP contribution >= 0.6 is 23.4 Å². The molecule has 0 atom stereocenters. The number of nitrogen functional groups attached to an aromatic ring is 1. The van der Waals surface area contributed by atoms with E-state index < -0.39 is 0 Å². The highest BCUT2D eigenvalue weighted by atomic mass is 35.5. The Morgan fingerprint density at radius 2 is 2.31 bits per heavy atom. The zero-order chi connectivity index (χ0) is 11.5. The van der Waals surface area contributed by atoms with Crippen molar-refractivity contribution in [2.24, 2.45) is 5.84 Å². The first-order valence-electron chi connectivity index (χ1n) is 4.28. The summed E-state index contributed by atoms with van der Waals surface area (Å²) in [6, 6.07) is 0. The maximum atomic E-state index is 5.93. The maximum Gasteiger partial charge on any atom is 0.262 e. The number of anilines is 1. The van der Waals surface area contributed by atoms with Gasteiger partial charge < -0.3 is 4.42 Å². The van der Waals surface area contributed by atoms with Gasteiger partial charge in [-0.3, -0.25) is 5.43 Å². The Hall–Kier alpha value is -1.31. The van der Waals surface area contributed by atoms with Gasteiger partial charge in [-0.25, -0.2) is 20.8 Å². The van der Waals surface area contributed by atoms with Gasteiger partial charge in [0, 0.05) is 0 Å². The van der Waals surface area contributed by atoms with Crippen LogP contribution in [0.2, 0.25) is 5.02 Å². The third kappa shape index (κ3) is 2.43. The minimum atomic E-state index is 0.287. The molecule has 2 rings (SSSR count). The number of hydrogen-bond donors (Lipinski definition) is 2.